The predicted octanol–water partition coefficient (Wildman–Crippen LogP) is 3.76. The van der Waals surface area contributed by atoms with E-state index >= 15 is 0 Å². The van der Waals surface area contributed by atoms with Gasteiger partial charge in [0.15, 0.2) is 0 Å². The molecule has 0 aromatic heterocycles. The summed E-state index contributed by atoms with van der Waals surface area (Å²) in [5.74, 6) is 1.28. The zero-order valence-corrected chi connectivity index (χ0v) is 15.4. The Bertz CT molecular complexity index is 599. The average molecular weight is 328 g/mol. The van der Waals surface area contributed by atoms with Crippen LogP contribution in [0, 0.1) is 0 Å². The topological polar surface area (TPSA) is 27.7 Å². The van der Waals surface area contributed by atoms with Gasteiger partial charge in [-0.05, 0) is 75.9 Å². The van der Waals surface area contributed by atoms with E-state index in [0.717, 1.165) is 31.0 Å². The molecule has 3 fully saturated rings. The summed E-state index contributed by atoms with van der Waals surface area (Å²) < 4.78 is 18.3. The Morgan fingerprint density at radius 2 is 1.62 bits per heavy atom. The monoisotopic (exact) mass is 328 g/mol. The maximum atomic E-state index is 6.25. The van der Waals surface area contributed by atoms with Crippen molar-refractivity contribution in [2.24, 2.45) is 0 Å². The minimum absolute atomic E-state index is 0.272. The van der Waals surface area contributed by atoms with Crippen LogP contribution in [0.5, 0.6) is 0 Å². The molecule has 0 N–H and O–H groups in total. The molecule has 0 radical (unpaired) electrons. The van der Waals surface area contributed by atoms with Crippen molar-refractivity contribution in [2.75, 3.05) is 13.2 Å². The number of ether oxygens (including phenoxy) is 1. The van der Waals surface area contributed by atoms with Crippen LogP contribution in [-0.2, 0) is 14.0 Å². The van der Waals surface area contributed by atoms with E-state index in [9.17, 15) is 0 Å². The third-order valence-electron chi connectivity index (χ3n) is 6.25. The highest BCUT2D eigenvalue weighted by Crippen LogP contribution is 2.44. The number of rotatable bonds is 3. The Labute approximate surface area is 146 Å². The highest BCUT2D eigenvalue weighted by Gasteiger charge is 2.51. The van der Waals surface area contributed by atoms with Crippen molar-refractivity contribution in [3.8, 4) is 0 Å². The molecule has 24 heavy (non-hydrogen) atoms. The first-order chi connectivity index (χ1) is 11.4. The molecule has 0 bridgehead atoms. The maximum Gasteiger partial charge on any atom is 0.494 e. The molecule has 1 aromatic carbocycles. The molecule has 2 heterocycles. The molecule has 1 saturated carbocycles. The molecule has 130 valence electrons. The van der Waals surface area contributed by atoms with Crippen LogP contribution in [0.2, 0.25) is 0 Å². The van der Waals surface area contributed by atoms with Crippen molar-refractivity contribution >= 4 is 12.6 Å². The molecule has 1 aromatic rings. The van der Waals surface area contributed by atoms with E-state index in [1.807, 2.05) is 0 Å². The molecule has 3 nitrogen and oxygen atoms in total. The van der Waals surface area contributed by atoms with E-state index in [2.05, 4.69) is 45.9 Å². The van der Waals surface area contributed by atoms with Crippen molar-refractivity contribution in [2.45, 2.75) is 76.4 Å². The lowest BCUT2D eigenvalue weighted by molar-refractivity contribution is 0.00578. The average Bonchev–Trinajstić information content (AvgIpc) is 3.35. The van der Waals surface area contributed by atoms with E-state index in [1.54, 1.807) is 0 Å². The van der Waals surface area contributed by atoms with Crippen molar-refractivity contribution in [3.05, 3.63) is 29.3 Å². The van der Waals surface area contributed by atoms with Gasteiger partial charge in [-0.3, -0.25) is 0 Å². The molecule has 3 aliphatic rings. The summed E-state index contributed by atoms with van der Waals surface area (Å²) in [5, 5.41) is 0. The van der Waals surface area contributed by atoms with Gasteiger partial charge in [0.1, 0.15) is 0 Å². The lowest BCUT2D eigenvalue weighted by Gasteiger charge is -2.32. The molecule has 0 amide bonds. The summed E-state index contributed by atoms with van der Waals surface area (Å²) in [5.41, 5.74) is 3.58. The first-order valence-electron chi connectivity index (χ1n) is 9.44. The van der Waals surface area contributed by atoms with E-state index in [-0.39, 0.29) is 18.3 Å². The van der Waals surface area contributed by atoms with E-state index in [0.29, 0.717) is 5.92 Å². The fourth-order valence-corrected chi connectivity index (χ4v) is 3.82. The fourth-order valence-electron chi connectivity index (χ4n) is 3.82. The van der Waals surface area contributed by atoms with Crippen molar-refractivity contribution in [3.63, 3.8) is 0 Å². The molecule has 2 saturated heterocycles. The van der Waals surface area contributed by atoms with E-state index < -0.39 is 0 Å². The summed E-state index contributed by atoms with van der Waals surface area (Å²) in [6, 6.07) is 6.88. The van der Waals surface area contributed by atoms with Crippen molar-refractivity contribution < 1.29 is 14.0 Å². The lowest BCUT2D eigenvalue weighted by atomic mass is 9.75. The largest absolute Gasteiger partial charge is 0.494 e. The van der Waals surface area contributed by atoms with Gasteiger partial charge in [-0.2, -0.15) is 0 Å². The minimum Gasteiger partial charge on any atom is -0.399 e. The van der Waals surface area contributed by atoms with Crippen LogP contribution in [0.15, 0.2) is 18.2 Å². The molecule has 0 spiro atoms. The summed E-state index contributed by atoms with van der Waals surface area (Å²) in [4.78, 5) is 0. The van der Waals surface area contributed by atoms with Crippen molar-refractivity contribution in [1.29, 1.82) is 0 Å². The smallest absolute Gasteiger partial charge is 0.399 e. The number of hydrogen-bond donors (Lipinski definition) is 0. The van der Waals surface area contributed by atoms with Gasteiger partial charge in [0, 0.05) is 12.5 Å². The second kappa shape index (κ2) is 5.86. The predicted molar refractivity (Wildman–Crippen MR) is 96.9 cm³/mol. The van der Waals surface area contributed by atoms with Gasteiger partial charge in [0.05, 0.1) is 17.8 Å². The van der Waals surface area contributed by atoms with Crippen LogP contribution in [0.25, 0.3) is 0 Å². The van der Waals surface area contributed by atoms with Gasteiger partial charge < -0.3 is 14.0 Å². The van der Waals surface area contributed by atoms with Gasteiger partial charge in [-0.15, -0.1) is 0 Å². The SMILES string of the molecule is CC1(C)OB(c2ccc(C3CC3)c(C3CCCOC3)c2)OC1(C)C. The van der Waals surface area contributed by atoms with Gasteiger partial charge in [-0.1, -0.05) is 18.2 Å². The molecule has 2 aliphatic heterocycles. The third kappa shape index (κ3) is 2.93. The Kier molecular flexibility index (Phi) is 4.06. The minimum atomic E-state index is -0.291. The highest BCUT2D eigenvalue weighted by atomic mass is 16.7. The highest BCUT2D eigenvalue weighted by molar-refractivity contribution is 6.62. The first-order valence-corrected chi connectivity index (χ1v) is 9.44. The Balaban J connectivity index is 1.65. The fraction of sp³-hybridized carbons (Fsp3) is 0.700. The van der Waals surface area contributed by atoms with Crippen LogP contribution in [0.1, 0.15) is 76.3 Å². The molecule has 1 atom stereocenters. The van der Waals surface area contributed by atoms with Crippen LogP contribution < -0.4 is 5.46 Å². The Hall–Kier alpha value is -0.835. The molecule has 4 heteroatoms. The van der Waals surface area contributed by atoms with Gasteiger partial charge in [0.2, 0.25) is 0 Å². The molecular formula is C20H29BO3. The standard InChI is InChI=1S/C20H29BO3/c1-19(2)20(3,4)24-21(23-19)16-9-10-17(14-7-8-14)18(12-16)15-6-5-11-22-13-15/h9-10,12,14-15H,5-8,11,13H2,1-4H3. The second-order valence-corrected chi connectivity index (χ2v) is 8.66. The van der Waals surface area contributed by atoms with Crippen LogP contribution in [0.3, 0.4) is 0 Å². The van der Waals surface area contributed by atoms with Gasteiger partial charge >= 0.3 is 7.12 Å². The zero-order chi connectivity index (χ0) is 16.9. The maximum absolute atomic E-state index is 6.25. The van der Waals surface area contributed by atoms with Crippen LogP contribution in [-0.4, -0.2) is 31.5 Å². The number of benzene rings is 1. The molecule has 4 rings (SSSR count). The summed E-state index contributed by atoms with van der Waals surface area (Å²) in [7, 11) is -0.272. The van der Waals surface area contributed by atoms with E-state index in [1.165, 1.54) is 30.4 Å². The number of hydrogen-bond acceptors (Lipinski definition) is 3. The molecule has 1 unspecified atom stereocenters. The quantitative estimate of drug-likeness (QED) is 0.791. The third-order valence-corrected chi connectivity index (χ3v) is 6.25. The van der Waals surface area contributed by atoms with Crippen molar-refractivity contribution in [1.82, 2.24) is 0 Å². The summed E-state index contributed by atoms with van der Waals surface area (Å²) in [6.07, 6.45) is 5.05. The van der Waals surface area contributed by atoms with Crippen LogP contribution >= 0.6 is 0 Å². The second-order valence-electron chi connectivity index (χ2n) is 8.66. The lowest BCUT2D eigenvalue weighted by Crippen LogP contribution is -2.41. The Morgan fingerprint density at radius 1 is 0.917 bits per heavy atom. The first kappa shape index (κ1) is 16.6. The van der Waals surface area contributed by atoms with Gasteiger partial charge in [0.25, 0.3) is 0 Å². The summed E-state index contributed by atoms with van der Waals surface area (Å²) >= 11 is 0. The summed E-state index contributed by atoms with van der Waals surface area (Å²) in [6.45, 7) is 10.2. The normalized spacial score (nSPS) is 29.0. The van der Waals surface area contributed by atoms with Crippen LogP contribution in [0.4, 0.5) is 0 Å². The zero-order valence-electron chi connectivity index (χ0n) is 15.4. The molecule has 1 aliphatic carbocycles. The molecular weight excluding hydrogens is 299 g/mol. The van der Waals surface area contributed by atoms with E-state index in [4.69, 9.17) is 14.0 Å². The Morgan fingerprint density at radius 3 is 2.21 bits per heavy atom. The van der Waals surface area contributed by atoms with Gasteiger partial charge in [-0.25, -0.2) is 0 Å².